The van der Waals surface area contributed by atoms with Crippen molar-refractivity contribution in [2.24, 2.45) is 0 Å². The Bertz CT molecular complexity index is 287. The molecule has 0 bridgehead atoms. The van der Waals surface area contributed by atoms with Gasteiger partial charge in [0.25, 0.3) is 0 Å². The highest BCUT2D eigenvalue weighted by molar-refractivity contribution is 7.91. The molecule has 14 heavy (non-hydrogen) atoms. The summed E-state index contributed by atoms with van der Waals surface area (Å²) in [5, 5.41) is 3.32. The van der Waals surface area contributed by atoms with Gasteiger partial charge in [0.15, 0.2) is 9.84 Å². The van der Waals surface area contributed by atoms with Crippen molar-refractivity contribution in [1.29, 1.82) is 0 Å². The van der Waals surface area contributed by atoms with Crippen molar-refractivity contribution in [3.05, 3.63) is 0 Å². The second kappa shape index (κ2) is 4.16. The molecule has 1 aliphatic heterocycles. The molecule has 4 nitrogen and oxygen atoms in total. The highest BCUT2D eigenvalue weighted by Gasteiger charge is 2.37. The fraction of sp³-hybridized carbons (Fsp3) is 1.00. The van der Waals surface area contributed by atoms with Crippen LogP contribution in [0.4, 0.5) is 0 Å². The van der Waals surface area contributed by atoms with Crippen LogP contribution in [0.1, 0.15) is 13.3 Å². The molecule has 0 aromatic carbocycles. The van der Waals surface area contributed by atoms with Crippen LogP contribution >= 0.6 is 0 Å². The summed E-state index contributed by atoms with van der Waals surface area (Å²) in [7, 11) is 1.24. The van der Waals surface area contributed by atoms with Crippen LogP contribution in [-0.4, -0.2) is 57.5 Å². The minimum absolute atomic E-state index is 0.200. The lowest BCUT2D eigenvalue weighted by molar-refractivity contribution is 0.343. The molecule has 1 aliphatic rings. The maximum Gasteiger partial charge on any atom is 0.152 e. The average molecular weight is 220 g/mol. The minimum Gasteiger partial charge on any atom is -0.309 e. The number of nitrogens with one attached hydrogen (secondary N) is 1. The Morgan fingerprint density at radius 3 is 2.50 bits per heavy atom. The Hall–Kier alpha value is -0.130. The van der Waals surface area contributed by atoms with Crippen LogP contribution in [0.25, 0.3) is 0 Å². The highest BCUT2D eigenvalue weighted by atomic mass is 32.2. The maximum absolute atomic E-state index is 11.3. The fourth-order valence-electron chi connectivity index (χ4n) is 1.73. The van der Waals surface area contributed by atoms with Gasteiger partial charge in [-0.25, -0.2) is 8.42 Å². The maximum atomic E-state index is 11.3. The zero-order valence-corrected chi connectivity index (χ0v) is 10.0. The van der Waals surface area contributed by atoms with Crippen LogP contribution in [0, 0.1) is 0 Å². The predicted molar refractivity (Wildman–Crippen MR) is 58.2 cm³/mol. The number of rotatable bonds is 4. The van der Waals surface area contributed by atoms with E-state index in [0.717, 1.165) is 19.5 Å². The highest BCUT2D eigenvalue weighted by Crippen LogP contribution is 2.22. The second-order valence-corrected chi connectivity index (χ2v) is 6.82. The Morgan fingerprint density at radius 1 is 1.43 bits per heavy atom. The summed E-state index contributed by atoms with van der Waals surface area (Å²) in [6.07, 6.45) is 0.739. The summed E-state index contributed by atoms with van der Waals surface area (Å²) in [6, 6.07) is 0. The van der Waals surface area contributed by atoms with E-state index < -0.39 is 9.84 Å². The SMILES string of the molecule is CN(C)CCNC1(C)CCS(=O)(=O)C1. The van der Waals surface area contributed by atoms with E-state index in [4.69, 9.17) is 0 Å². The third-order valence-electron chi connectivity index (χ3n) is 2.61. The van der Waals surface area contributed by atoms with E-state index in [-0.39, 0.29) is 11.3 Å². The smallest absolute Gasteiger partial charge is 0.152 e. The molecule has 1 unspecified atom stereocenters. The van der Waals surface area contributed by atoms with Crippen LogP contribution in [0.2, 0.25) is 0 Å². The van der Waals surface area contributed by atoms with Crippen LogP contribution in [0.15, 0.2) is 0 Å². The summed E-state index contributed by atoms with van der Waals surface area (Å²) >= 11 is 0. The standard InChI is InChI=1S/C9H20N2O2S/c1-9(10-5-6-11(2)3)4-7-14(12,13)8-9/h10H,4-8H2,1-3H3. The lowest BCUT2D eigenvalue weighted by Gasteiger charge is -2.24. The molecule has 0 spiro atoms. The van der Waals surface area contributed by atoms with E-state index in [2.05, 4.69) is 10.2 Å². The van der Waals surface area contributed by atoms with Gasteiger partial charge in [-0.1, -0.05) is 0 Å². The van der Waals surface area contributed by atoms with Crippen molar-refractivity contribution in [3.8, 4) is 0 Å². The lowest BCUT2D eigenvalue weighted by Crippen LogP contribution is -2.46. The van der Waals surface area contributed by atoms with E-state index in [9.17, 15) is 8.42 Å². The first-order chi connectivity index (χ1) is 6.33. The Labute approximate surface area is 86.6 Å². The van der Waals surface area contributed by atoms with Gasteiger partial charge in [0.05, 0.1) is 11.5 Å². The summed E-state index contributed by atoms with van der Waals surface area (Å²) in [6.45, 7) is 3.78. The normalized spacial score (nSPS) is 31.1. The number of nitrogens with zero attached hydrogens (tertiary/aromatic N) is 1. The largest absolute Gasteiger partial charge is 0.309 e. The zero-order chi connectivity index (χ0) is 10.8. The van der Waals surface area contributed by atoms with Crippen molar-refractivity contribution in [2.75, 3.05) is 38.7 Å². The van der Waals surface area contributed by atoms with Gasteiger partial charge in [0.1, 0.15) is 0 Å². The van der Waals surface area contributed by atoms with Gasteiger partial charge >= 0.3 is 0 Å². The van der Waals surface area contributed by atoms with Crippen LogP contribution < -0.4 is 5.32 Å². The van der Waals surface area contributed by atoms with Crippen molar-refractivity contribution < 1.29 is 8.42 Å². The van der Waals surface area contributed by atoms with Crippen molar-refractivity contribution in [3.63, 3.8) is 0 Å². The van der Waals surface area contributed by atoms with Gasteiger partial charge in [-0.2, -0.15) is 0 Å². The number of hydrogen-bond donors (Lipinski definition) is 1. The summed E-state index contributed by atoms with van der Waals surface area (Å²) in [5.74, 6) is 0.617. The van der Waals surface area contributed by atoms with E-state index >= 15 is 0 Å². The number of hydrogen-bond acceptors (Lipinski definition) is 4. The molecule has 1 N–H and O–H groups in total. The summed E-state index contributed by atoms with van der Waals surface area (Å²) in [5.41, 5.74) is -0.200. The third-order valence-corrected chi connectivity index (χ3v) is 4.52. The van der Waals surface area contributed by atoms with Gasteiger partial charge in [0.2, 0.25) is 0 Å². The van der Waals surface area contributed by atoms with Crippen molar-refractivity contribution in [2.45, 2.75) is 18.9 Å². The van der Waals surface area contributed by atoms with E-state index in [0.29, 0.717) is 5.75 Å². The monoisotopic (exact) mass is 220 g/mol. The first-order valence-corrected chi connectivity index (χ1v) is 6.75. The quantitative estimate of drug-likeness (QED) is 0.707. The molecule has 1 heterocycles. The fourth-order valence-corrected chi connectivity index (χ4v) is 3.85. The minimum atomic E-state index is -2.78. The number of likely N-dealkylation sites (N-methyl/N-ethyl adjacent to an activating group) is 1. The molecule has 0 radical (unpaired) electrons. The van der Waals surface area contributed by atoms with E-state index in [1.54, 1.807) is 0 Å². The predicted octanol–water partition coefficient (Wildman–Crippen LogP) is -0.285. The summed E-state index contributed by atoms with van der Waals surface area (Å²) < 4.78 is 22.6. The Morgan fingerprint density at radius 2 is 2.07 bits per heavy atom. The Balaban J connectivity index is 2.38. The molecule has 0 aliphatic carbocycles. The van der Waals surface area contributed by atoms with Crippen LogP contribution in [0.5, 0.6) is 0 Å². The van der Waals surface area contributed by atoms with Gasteiger partial charge in [-0.05, 0) is 27.4 Å². The average Bonchev–Trinajstić information content (AvgIpc) is 2.25. The van der Waals surface area contributed by atoms with E-state index in [1.165, 1.54) is 0 Å². The topological polar surface area (TPSA) is 49.4 Å². The van der Waals surface area contributed by atoms with Crippen LogP contribution in [-0.2, 0) is 9.84 Å². The molecule has 0 amide bonds. The molecule has 1 fully saturated rings. The van der Waals surface area contributed by atoms with Crippen molar-refractivity contribution in [1.82, 2.24) is 10.2 Å². The number of sulfone groups is 1. The van der Waals surface area contributed by atoms with Gasteiger partial charge in [-0.3, -0.25) is 0 Å². The van der Waals surface area contributed by atoms with Crippen molar-refractivity contribution >= 4 is 9.84 Å². The molecular weight excluding hydrogens is 200 g/mol. The molecule has 1 rings (SSSR count). The molecule has 1 atom stereocenters. The first kappa shape index (κ1) is 11.9. The molecule has 5 heteroatoms. The molecular formula is C9H20N2O2S. The molecule has 1 saturated heterocycles. The lowest BCUT2D eigenvalue weighted by atomic mass is 10.0. The summed E-state index contributed by atoms with van der Waals surface area (Å²) in [4.78, 5) is 2.08. The zero-order valence-electron chi connectivity index (χ0n) is 9.21. The van der Waals surface area contributed by atoms with Gasteiger partial charge in [0, 0.05) is 18.6 Å². The molecule has 0 aromatic heterocycles. The van der Waals surface area contributed by atoms with Crippen LogP contribution in [0.3, 0.4) is 0 Å². The van der Waals surface area contributed by atoms with Gasteiger partial charge < -0.3 is 10.2 Å². The molecule has 84 valence electrons. The molecule has 0 aromatic rings. The Kier molecular flexibility index (Phi) is 3.55. The molecule has 0 saturated carbocycles. The first-order valence-electron chi connectivity index (χ1n) is 4.93. The second-order valence-electron chi connectivity index (χ2n) is 4.63. The van der Waals surface area contributed by atoms with E-state index in [1.807, 2.05) is 21.0 Å². The third kappa shape index (κ3) is 3.55. The van der Waals surface area contributed by atoms with Gasteiger partial charge in [-0.15, -0.1) is 0 Å².